The van der Waals surface area contributed by atoms with E-state index in [1.54, 1.807) is 0 Å². The first kappa shape index (κ1) is 11.6. The van der Waals surface area contributed by atoms with Gasteiger partial charge in [0, 0.05) is 24.2 Å². The molecular weight excluding hydrogens is 198 g/mol. The lowest BCUT2D eigenvalue weighted by Crippen LogP contribution is -2.09. The van der Waals surface area contributed by atoms with E-state index in [1.807, 2.05) is 7.05 Å². The monoisotopic (exact) mass is 221 g/mol. The van der Waals surface area contributed by atoms with Gasteiger partial charge in [0.15, 0.2) is 0 Å². The van der Waals surface area contributed by atoms with Crippen LogP contribution in [0.1, 0.15) is 56.0 Å². The average molecular weight is 221 g/mol. The van der Waals surface area contributed by atoms with Gasteiger partial charge in [0.05, 0.1) is 0 Å². The van der Waals surface area contributed by atoms with Crippen LogP contribution in [0.25, 0.3) is 0 Å². The van der Waals surface area contributed by atoms with Crippen molar-refractivity contribution in [3.63, 3.8) is 0 Å². The molecular formula is C13H23N3. The lowest BCUT2D eigenvalue weighted by atomic mass is 9.87. The molecule has 0 radical (unpaired) electrons. The molecule has 1 aliphatic carbocycles. The van der Waals surface area contributed by atoms with E-state index in [1.165, 1.54) is 37.8 Å². The quantitative estimate of drug-likeness (QED) is 0.750. The van der Waals surface area contributed by atoms with Crippen molar-refractivity contribution in [3.8, 4) is 0 Å². The first-order chi connectivity index (χ1) is 7.90. The van der Waals surface area contributed by atoms with Crippen molar-refractivity contribution in [2.45, 2.75) is 50.9 Å². The summed E-state index contributed by atoms with van der Waals surface area (Å²) < 4.78 is 0. The molecule has 2 rings (SSSR count). The molecule has 2 N–H and O–H groups in total. The normalized spacial score (nSPS) is 17.8. The molecule has 0 saturated heterocycles. The highest BCUT2D eigenvalue weighted by atomic mass is 14.9. The van der Waals surface area contributed by atoms with Gasteiger partial charge in [-0.25, -0.2) is 4.98 Å². The van der Waals surface area contributed by atoms with Gasteiger partial charge in [-0.1, -0.05) is 19.3 Å². The smallest absolute Gasteiger partial charge is 0.106 e. The van der Waals surface area contributed by atoms with E-state index in [0.717, 1.165) is 31.1 Å². The molecule has 16 heavy (non-hydrogen) atoms. The van der Waals surface area contributed by atoms with E-state index in [-0.39, 0.29) is 0 Å². The van der Waals surface area contributed by atoms with E-state index in [0.29, 0.717) is 0 Å². The molecule has 0 bridgehead atoms. The van der Waals surface area contributed by atoms with Crippen LogP contribution in [-0.2, 0) is 6.42 Å². The summed E-state index contributed by atoms with van der Waals surface area (Å²) in [5, 5.41) is 3.17. The maximum Gasteiger partial charge on any atom is 0.106 e. The topological polar surface area (TPSA) is 40.7 Å². The summed E-state index contributed by atoms with van der Waals surface area (Å²) in [7, 11) is 2.00. The Kier molecular flexibility index (Phi) is 4.40. The summed E-state index contributed by atoms with van der Waals surface area (Å²) in [4.78, 5) is 7.98. The van der Waals surface area contributed by atoms with Crippen LogP contribution in [0.2, 0.25) is 0 Å². The standard InChI is InChI=1S/C13H23N3/c1-14-9-5-8-13-15-10-12(16-13)11-6-3-2-4-7-11/h10-11,14H,2-9H2,1H3,(H,15,16). The second-order valence-corrected chi connectivity index (χ2v) is 4.83. The maximum atomic E-state index is 4.48. The summed E-state index contributed by atoms with van der Waals surface area (Å²) in [6.45, 7) is 1.07. The van der Waals surface area contributed by atoms with Crippen LogP contribution in [0.5, 0.6) is 0 Å². The summed E-state index contributed by atoms with van der Waals surface area (Å²) in [6.07, 6.45) is 11.2. The zero-order valence-electron chi connectivity index (χ0n) is 10.3. The fourth-order valence-corrected chi connectivity index (χ4v) is 2.56. The number of hydrogen-bond acceptors (Lipinski definition) is 2. The number of hydrogen-bond donors (Lipinski definition) is 2. The van der Waals surface area contributed by atoms with E-state index in [9.17, 15) is 0 Å². The summed E-state index contributed by atoms with van der Waals surface area (Å²) in [5.74, 6) is 1.91. The molecule has 0 unspecified atom stereocenters. The molecule has 0 atom stereocenters. The number of aromatic amines is 1. The molecule has 0 spiro atoms. The first-order valence-corrected chi connectivity index (χ1v) is 6.58. The molecule has 0 aromatic carbocycles. The van der Waals surface area contributed by atoms with Crippen LogP contribution < -0.4 is 5.32 Å². The number of nitrogens with one attached hydrogen (secondary N) is 2. The molecule has 90 valence electrons. The van der Waals surface area contributed by atoms with Crippen molar-refractivity contribution in [2.24, 2.45) is 0 Å². The summed E-state index contributed by atoms with van der Waals surface area (Å²) in [5.41, 5.74) is 1.37. The molecule has 3 nitrogen and oxygen atoms in total. The van der Waals surface area contributed by atoms with E-state index in [4.69, 9.17) is 0 Å². The highest BCUT2D eigenvalue weighted by Crippen LogP contribution is 2.31. The van der Waals surface area contributed by atoms with Gasteiger partial charge >= 0.3 is 0 Å². The fourth-order valence-electron chi connectivity index (χ4n) is 2.56. The van der Waals surface area contributed by atoms with Crippen molar-refractivity contribution in [1.82, 2.24) is 15.3 Å². The molecule has 0 aliphatic heterocycles. The van der Waals surface area contributed by atoms with Gasteiger partial charge in [-0.2, -0.15) is 0 Å². The summed E-state index contributed by atoms with van der Waals surface area (Å²) >= 11 is 0. The van der Waals surface area contributed by atoms with Crippen LogP contribution in [0.15, 0.2) is 6.20 Å². The molecule has 1 aromatic heterocycles. The number of H-pyrrole nitrogens is 1. The number of aromatic nitrogens is 2. The van der Waals surface area contributed by atoms with E-state index in [2.05, 4.69) is 21.5 Å². The molecule has 1 saturated carbocycles. The Hall–Kier alpha value is -0.830. The Labute approximate surface area is 98.1 Å². The molecule has 1 heterocycles. The van der Waals surface area contributed by atoms with Crippen LogP contribution in [0.4, 0.5) is 0 Å². The van der Waals surface area contributed by atoms with Gasteiger partial charge in [0.2, 0.25) is 0 Å². The second-order valence-electron chi connectivity index (χ2n) is 4.83. The fraction of sp³-hybridized carbons (Fsp3) is 0.769. The average Bonchev–Trinajstić information content (AvgIpc) is 2.79. The second kappa shape index (κ2) is 6.04. The number of nitrogens with zero attached hydrogens (tertiary/aromatic N) is 1. The molecule has 0 amide bonds. The zero-order valence-corrected chi connectivity index (χ0v) is 10.3. The molecule has 1 aliphatic rings. The molecule has 1 fully saturated rings. The number of imidazole rings is 1. The van der Waals surface area contributed by atoms with Gasteiger partial charge in [-0.05, 0) is 32.9 Å². The zero-order chi connectivity index (χ0) is 11.2. The Bertz CT molecular complexity index is 300. The minimum absolute atomic E-state index is 0.749. The Morgan fingerprint density at radius 3 is 2.94 bits per heavy atom. The van der Waals surface area contributed by atoms with Crippen LogP contribution >= 0.6 is 0 Å². The highest BCUT2D eigenvalue weighted by Gasteiger charge is 2.17. The highest BCUT2D eigenvalue weighted by molar-refractivity contribution is 5.08. The van der Waals surface area contributed by atoms with Crippen molar-refractivity contribution in [2.75, 3.05) is 13.6 Å². The Morgan fingerprint density at radius 2 is 2.19 bits per heavy atom. The predicted molar refractivity (Wildman–Crippen MR) is 66.7 cm³/mol. The SMILES string of the molecule is CNCCCc1ncc(C2CCCCC2)[nH]1. The van der Waals surface area contributed by atoms with Crippen LogP contribution in [-0.4, -0.2) is 23.6 Å². The van der Waals surface area contributed by atoms with Gasteiger partial charge in [-0.15, -0.1) is 0 Å². The first-order valence-electron chi connectivity index (χ1n) is 6.58. The van der Waals surface area contributed by atoms with Crippen molar-refractivity contribution < 1.29 is 0 Å². The summed E-state index contributed by atoms with van der Waals surface area (Å²) in [6, 6.07) is 0. The van der Waals surface area contributed by atoms with Gasteiger partial charge in [0.25, 0.3) is 0 Å². The van der Waals surface area contributed by atoms with Crippen LogP contribution in [0.3, 0.4) is 0 Å². The van der Waals surface area contributed by atoms with Gasteiger partial charge in [-0.3, -0.25) is 0 Å². The minimum atomic E-state index is 0.749. The third-order valence-corrected chi connectivity index (χ3v) is 3.53. The van der Waals surface area contributed by atoms with Crippen LogP contribution in [0, 0.1) is 0 Å². The van der Waals surface area contributed by atoms with E-state index < -0.39 is 0 Å². The lowest BCUT2D eigenvalue weighted by Gasteiger charge is -2.19. The third-order valence-electron chi connectivity index (χ3n) is 3.53. The van der Waals surface area contributed by atoms with Gasteiger partial charge in [0.1, 0.15) is 5.82 Å². The molecule has 3 heteroatoms. The maximum absolute atomic E-state index is 4.48. The predicted octanol–water partition coefficient (Wildman–Crippen LogP) is 2.61. The Balaban J connectivity index is 1.85. The lowest BCUT2D eigenvalue weighted by molar-refractivity contribution is 0.437. The van der Waals surface area contributed by atoms with Crippen molar-refractivity contribution in [1.29, 1.82) is 0 Å². The van der Waals surface area contributed by atoms with Gasteiger partial charge < -0.3 is 10.3 Å². The van der Waals surface area contributed by atoms with Crippen molar-refractivity contribution in [3.05, 3.63) is 17.7 Å². The largest absolute Gasteiger partial charge is 0.346 e. The number of aryl methyl sites for hydroxylation is 1. The van der Waals surface area contributed by atoms with E-state index >= 15 is 0 Å². The molecule has 1 aromatic rings. The number of rotatable bonds is 5. The Morgan fingerprint density at radius 1 is 1.38 bits per heavy atom. The van der Waals surface area contributed by atoms with Crippen molar-refractivity contribution >= 4 is 0 Å². The minimum Gasteiger partial charge on any atom is -0.346 e. The third kappa shape index (κ3) is 3.08.